The van der Waals surface area contributed by atoms with E-state index in [1.165, 1.54) is 19.3 Å². The first-order valence-corrected chi connectivity index (χ1v) is 3.82. The van der Waals surface area contributed by atoms with Crippen LogP contribution in [0.4, 0.5) is 0 Å². The van der Waals surface area contributed by atoms with Crippen LogP contribution in [0.1, 0.15) is 19.3 Å². The fraction of sp³-hybridized carbons (Fsp3) is 0.714. The summed E-state index contributed by atoms with van der Waals surface area (Å²) >= 11 is 0. The first-order chi connectivity index (χ1) is 4.93. The first kappa shape index (κ1) is 7.83. The monoisotopic (exact) mass is 139 g/mol. The van der Waals surface area contributed by atoms with Crippen LogP contribution in [0.15, 0.2) is 12.2 Å². The Morgan fingerprint density at radius 3 is 3.20 bits per heavy atom. The van der Waals surface area contributed by atoms with E-state index in [1.54, 1.807) is 7.11 Å². The van der Waals surface area contributed by atoms with Gasteiger partial charge in [0.05, 0.1) is 0 Å². The molecule has 1 N–H and O–H groups in total. The Bertz CT molecular complexity index is 116. The van der Waals surface area contributed by atoms with Crippen LogP contribution in [-0.4, -0.2) is 20.8 Å². The maximum absolute atomic E-state index is 4.90. The third-order valence-corrected chi connectivity index (χ3v) is 1.74. The molecule has 3 heteroatoms. The molecule has 0 aliphatic heterocycles. The maximum Gasteiger partial charge on any atom is 0.360 e. The molecule has 0 aromatic heterocycles. The van der Waals surface area contributed by atoms with E-state index in [9.17, 15) is 0 Å². The highest BCUT2D eigenvalue weighted by Crippen LogP contribution is 2.09. The maximum atomic E-state index is 4.90. The van der Waals surface area contributed by atoms with Gasteiger partial charge < -0.3 is 9.88 Å². The number of hydrogen-bond donors (Lipinski definition) is 1. The minimum Gasteiger partial charge on any atom is -0.427 e. The molecule has 0 amide bonds. The van der Waals surface area contributed by atoms with Gasteiger partial charge in [0.1, 0.15) is 0 Å². The normalized spacial score (nSPS) is 24.7. The van der Waals surface area contributed by atoms with E-state index < -0.39 is 0 Å². The van der Waals surface area contributed by atoms with Crippen molar-refractivity contribution >= 4 is 7.62 Å². The highest BCUT2D eigenvalue weighted by atomic mass is 16.4. The summed E-state index contributed by atoms with van der Waals surface area (Å²) in [6.07, 6.45) is 8.25. The van der Waals surface area contributed by atoms with E-state index in [2.05, 4.69) is 17.4 Å². The summed E-state index contributed by atoms with van der Waals surface area (Å²) in [4.78, 5) is 0. The van der Waals surface area contributed by atoms with Gasteiger partial charge in [0, 0.05) is 13.2 Å². The molecule has 0 unspecified atom stereocenters. The minimum absolute atomic E-state index is 0.550. The van der Waals surface area contributed by atoms with Crippen LogP contribution in [-0.2, 0) is 4.65 Å². The second kappa shape index (κ2) is 4.53. The van der Waals surface area contributed by atoms with Gasteiger partial charge in [-0.15, -0.1) is 0 Å². The van der Waals surface area contributed by atoms with Crippen LogP contribution in [0.25, 0.3) is 0 Å². The van der Waals surface area contributed by atoms with Crippen molar-refractivity contribution in [1.29, 1.82) is 0 Å². The molecule has 0 saturated heterocycles. The van der Waals surface area contributed by atoms with Crippen LogP contribution in [0.2, 0.25) is 0 Å². The third kappa shape index (κ3) is 2.54. The lowest BCUT2D eigenvalue weighted by atomic mass is 10.0. The van der Waals surface area contributed by atoms with Crippen molar-refractivity contribution in [1.82, 2.24) is 5.23 Å². The van der Waals surface area contributed by atoms with Crippen molar-refractivity contribution in [2.45, 2.75) is 25.3 Å². The Balaban J connectivity index is 2.13. The highest BCUT2D eigenvalue weighted by molar-refractivity contribution is 6.23. The topological polar surface area (TPSA) is 21.3 Å². The second-order valence-corrected chi connectivity index (χ2v) is 2.60. The molecule has 1 atom stereocenters. The zero-order valence-electron chi connectivity index (χ0n) is 6.47. The van der Waals surface area contributed by atoms with Gasteiger partial charge >= 0.3 is 7.62 Å². The van der Waals surface area contributed by atoms with Gasteiger partial charge in [0.15, 0.2) is 0 Å². The largest absolute Gasteiger partial charge is 0.427 e. The Morgan fingerprint density at radius 1 is 1.70 bits per heavy atom. The highest BCUT2D eigenvalue weighted by Gasteiger charge is 2.06. The molecule has 1 aliphatic rings. The van der Waals surface area contributed by atoms with Crippen LogP contribution in [0, 0.1) is 0 Å². The lowest BCUT2D eigenvalue weighted by Gasteiger charge is -2.16. The molecule has 0 aromatic rings. The van der Waals surface area contributed by atoms with E-state index in [4.69, 9.17) is 4.65 Å². The van der Waals surface area contributed by atoms with E-state index in [0.717, 1.165) is 0 Å². The van der Waals surface area contributed by atoms with Gasteiger partial charge in [-0.2, -0.15) is 0 Å². The molecule has 0 heterocycles. The van der Waals surface area contributed by atoms with Gasteiger partial charge in [-0.25, -0.2) is 0 Å². The average Bonchev–Trinajstić information content (AvgIpc) is 2.03. The predicted molar refractivity (Wildman–Crippen MR) is 44.1 cm³/mol. The lowest BCUT2D eigenvalue weighted by Crippen LogP contribution is -2.32. The molecule has 0 saturated carbocycles. The van der Waals surface area contributed by atoms with Gasteiger partial charge in [-0.1, -0.05) is 12.2 Å². The standard InChI is InChI=1S/C7H14BNO/c1-10-8-9-7-5-3-2-4-6-7/h3,5,7-9H,2,4,6H2,1H3/t7-/m0/s1. The fourth-order valence-corrected chi connectivity index (χ4v) is 1.17. The van der Waals surface area contributed by atoms with Crippen molar-refractivity contribution in [3.05, 3.63) is 12.2 Å². The summed E-state index contributed by atoms with van der Waals surface area (Å²) < 4.78 is 4.90. The van der Waals surface area contributed by atoms with Crippen LogP contribution in [0.5, 0.6) is 0 Å². The van der Waals surface area contributed by atoms with Gasteiger partial charge in [-0.05, 0) is 19.3 Å². The van der Waals surface area contributed by atoms with Crippen molar-refractivity contribution in [2.75, 3.05) is 7.11 Å². The Hall–Kier alpha value is -0.275. The van der Waals surface area contributed by atoms with E-state index >= 15 is 0 Å². The van der Waals surface area contributed by atoms with E-state index in [0.29, 0.717) is 13.7 Å². The van der Waals surface area contributed by atoms with Crippen molar-refractivity contribution in [3.63, 3.8) is 0 Å². The molecule has 0 bridgehead atoms. The summed E-state index contributed by atoms with van der Waals surface area (Å²) in [5, 5.41) is 3.26. The van der Waals surface area contributed by atoms with Gasteiger partial charge in [0.25, 0.3) is 0 Å². The molecule has 10 heavy (non-hydrogen) atoms. The second-order valence-electron chi connectivity index (χ2n) is 2.60. The van der Waals surface area contributed by atoms with Crippen molar-refractivity contribution < 1.29 is 4.65 Å². The number of rotatable bonds is 3. The van der Waals surface area contributed by atoms with E-state index in [-0.39, 0.29) is 0 Å². The smallest absolute Gasteiger partial charge is 0.360 e. The zero-order chi connectivity index (χ0) is 7.23. The predicted octanol–water partition coefficient (Wildman–Crippen LogP) is 0.598. The summed E-state index contributed by atoms with van der Waals surface area (Å²) in [7, 11) is 2.37. The zero-order valence-corrected chi connectivity index (χ0v) is 6.47. The molecule has 1 aliphatic carbocycles. The van der Waals surface area contributed by atoms with Gasteiger partial charge in [0.2, 0.25) is 0 Å². The molecule has 1 rings (SSSR count). The molecule has 0 spiro atoms. The van der Waals surface area contributed by atoms with Crippen LogP contribution in [0.3, 0.4) is 0 Å². The summed E-state index contributed by atoms with van der Waals surface area (Å²) in [5.41, 5.74) is 0. The van der Waals surface area contributed by atoms with Crippen molar-refractivity contribution in [2.24, 2.45) is 0 Å². The summed E-state index contributed by atoms with van der Waals surface area (Å²) in [6, 6.07) is 0.550. The number of nitrogens with one attached hydrogen (secondary N) is 1. The van der Waals surface area contributed by atoms with Crippen molar-refractivity contribution in [3.8, 4) is 0 Å². The lowest BCUT2D eigenvalue weighted by molar-refractivity contribution is 0.422. The Labute approximate surface area is 62.9 Å². The fourth-order valence-electron chi connectivity index (χ4n) is 1.17. The summed E-state index contributed by atoms with van der Waals surface area (Å²) in [6.45, 7) is 0. The van der Waals surface area contributed by atoms with Crippen LogP contribution >= 0.6 is 0 Å². The Kier molecular flexibility index (Phi) is 3.54. The third-order valence-electron chi connectivity index (χ3n) is 1.74. The molecule has 0 radical (unpaired) electrons. The molecule has 0 fully saturated rings. The number of allylic oxidation sites excluding steroid dienone is 1. The summed E-state index contributed by atoms with van der Waals surface area (Å²) in [5.74, 6) is 0. The first-order valence-electron chi connectivity index (χ1n) is 3.82. The minimum atomic E-state index is 0.550. The molecular formula is C7H14BNO. The number of hydrogen-bond acceptors (Lipinski definition) is 2. The molecule has 2 nitrogen and oxygen atoms in total. The Morgan fingerprint density at radius 2 is 2.60 bits per heavy atom. The van der Waals surface area contributed by atoms with Gasteiger partial charge in [-0.3, -0.25) is 0 Å². The van der Waals surface area contributed by atoms with E-state index in [1.807, 2.05) is 0 Å². The quantitative estimate of drug-likeness (QED) is 0.456. The van der Waals surface area contributed by atoms with Crippen LogP contribution < -0.4 is 5.23 Å². The average molecular weight is 139 g/mol. The molecule has 56 valence electrons. The molecule has 0 aromatic carbocycles. The SMILES string of the molecule is COBN[C@H]1C=CCCC1. The molecular weight excluding hydrogens is 125 g/mol.